The first-order chi connectivity index (χ1) is 22.4. The lowest BCUT2D eigenvalue weighted by Gasteiger charge is -2.36. The Kier molecular flexibility index (Phi) is 13.5. The Balaban J connectivity index is 1.29. The van der Waals surface area contributed by atoms with Gasteiger partial charge in [-0.2, -0.15) is 10.5 Å². The Bertz CT molecular complexity index is 1450. The van der Waals surface area contributed by atoms with E-state index in [0.717, 1.165) is 45.9 Å². The predicted octanol–water partition coefficient (Wildman–Crippen LogP) is 6.89. The fraction of sp³-hybridized carbons (Fsp3) is 0.486. The molecule has 248 valence electrons. The Morgan fingerprint density at radius 3 is 1.43 bits per heavy atom. The van der Waals surface area contributed by atoms with E-state index in [4.69, 9.17) is 24.4 Å². The standard InChI is InChI=1S/C35H42N6O2S4/c1-22-9-23(2)17-40(16-22)34(44)46-20-32(42)38-30-7-5-26(12-28(30)14-36)11-27-6-8-31(29(13-27)15-37)39-33(43)21-47-35(45)41-18-24(3)10-25(4)19-41/h5-8,12-13,22-25H,9-11,16-21H2,1-4H3,(H,38,42)(H,39,43). The first-order valence-corrected chi connectivity index (χ1v) is 18.7. The van der Waals surface area contributed by atoms with Gasteiger partial charge in [-0.1, -0.05) is 87.8 Å². The van der Waals surface area contributed by atoms with Gasteiger partial charge in [-0.15, -0.1) is 0 Å². The molecule has 2 aliphatic rings. The molecule has 0 aromatic heterocycles. The van der Waals surface area contributed by atoms with Crippen molar-refractivity contribution in [1.29, 1.82) is 10.5 Å². The van der Waals surface area contributed by atoms with Crippen LogP contribution in [0.1, 0.15) is 62.8 Å². The first-order valence-electron chi connectivity index (χ1n) is 15.9. The van der Waals surface area contributed by atoms with Gasteiger partial charge in [-0.05, 0) is 78.3 Å². The number of nitrogens with one attached hydrogen (secondary N) is 2. The third-order valence-corrected chi connectivity index (χ3v) is 11.3. The Morgan fingerprint density at radius 2 is 1.09 bits per heavy atom. The zero-order chi connectivity index (χ0) is 34.1. The highest BCUT2D eigenvalue weighted by atomic mass is 32.2. The number of hydrogen-bond donors (Lipinski definition) is 2. The molecule has 2 fully saturated rings. The van der Waals surface area contributed by atoms with Crippen LogP contribution in [-0.4, -0.2) is 67.9 Å². The number of amides is 2. The van der Waals surface area contributed by atoms with Crippen molar-refractivity contribution in [1.82, 2.24) is 9.80 Å². The largest absolute Gasteiger partial charge is 0.357 e. The normalized spacial score (nSPS) is 20.9. The molecule has 8 nitrogen and oxygen atoms in total. The smallest absolute Gasteiger partial charge is 0.234 e. The summed E-state index contributed by atoms with van der Waals surface area (Å²) in [4.78, 5) is 29.8. The lowest BCUT2D eigenvalue weighted by Crippen LogP contribution is -2.41. The maximum Gasteiger partial charge on any atom is 0.234 e. The van der Waals surface area contributed by atoms with Crippen molar-refractivity contribution in [2.24, 2.45) is 23.7 Å². The second-order valence-corrected chi connectivity index (χ2v) is 16.3. The molecule has 2 saturated heterocycles. The number of hydrogen-bond acceptors (Lipinski definition) is 8. The minimum Gasteiger partial charge on any atom is -0.357 e. The third kappa shape index (κ3) is 10.9. The zero-order valence-electron chi connectivity index (χ0n) is 27.4. The van der Waals surface area contributed by atoms with Crippen molar-refractivity contribution in [3.63, 3.8) is 0 Å². The van der Waals surface area contributed by atoms with Crippen LogP contribution in [0.5, 0.6) is 0 Å². The van der Waals surface area contributed by atoms with Gasteiger partial charge in [0.1, 0.15) is 20.8 Å². The molecule has 2 heterocycles. The summed E-state index contributed by atoms with van der Waals surface area (Å²) in [5.74, 6) is 2.21. The molecule has 4 unspecified atom stereocenters. The van der Waals surface area contributed by atoms with E-state index < -0.39 is 0 Å². The number of carbonyl (C=O) groups excluding carboxylic acids is 2. The average Bonchev–Trinajstić information content (AvgIpc) is 3.02. The van der Waals surface area contributed by atoms with Crippen LogP contribution in [0.3, 0.4) is 0 Å². The van der Waals surface area contributed by atoms with E-state index in [1.807, 2.05) is 12.1 Å². The summed E-state index contributed by atoms with van der Waals surface area (Å²) in [6.45, 7) is 12.6. The van der Waals surface area contributed by atoms with Crippen molar-refractivity contribution < 1.29 is 9.59 Å². The van der Waals surface area contributed by atoms with Gasteiger partial charge in [-0.25, -0.2) is 0 Å². The van der Waals surface area contributed by atoms with E-state index in [1.165, 1.54) is 36.4 Å². The van der Waals surface area contributed by atoms with Gasteiger partial charge in [0, 0.05) is 26.2 Å². The Hall–Kier alpha value is -3.16. The molecule has 47 heavy (non-hydrogen) atoms. The van der Waals surface area contributed by atoms with E-state index in [9.17, 15) is 20.1 Å². The van der Waals surface area contributed by atoms with Crippen molar-refractivity contribution in [2.75, 3.05) is 48.3 Å². The van der Waals surface area contributed by atoms with E-state index in [2.05, 4.69) is 60.3 Å². The number of nitriles is 2. The van der Waals surface area contributed by atoms with Gasteiger partial charge in [0.2, 0.25) is 11.8 Å². The second-order valence-electron chi connectivity index (χ2n) is 13.1. The maximum absolute atomic E-state index is 12.7. The minimum atomic E-state index is -0.216. The van der Waals surface area contributed by atoms with Crippen LogP contribution in [-0.2, 0) is 16.0 Å². The number of benzene rings is 2. The zero-order valence-corrected chi connectivity index (χ0v) is 30.6. The summed E-state index contributed by atoms with van der Waals surface area (Å²) in [7, 11) is 0. The van der Waals surface area contributed by atoms with Gasteiger partial charge in [0.15, 0.2) is 0 Å². The van der Waals surface area contributed by atoms with E-state index in [1.54, 1.807) is 24.3 Å². The molecule has 2 N–H and O–H groups in total. The molecular weight excluding hydrogens is 665 g/mol. The molecule has 0 bridgehead atoms. The fourth-order valence-corrected chi connectivity index (χ4v) is 8.44. The van der Waals surface area contributed by atoms with E-state index in [0.29, 0.717) is 52.6 Å². The van der Waals surface area contributed by atoms with Crippen molar-refractivity contribution in [3.05, 3.63) is 58.7 Å². The number of thiocarbonyl (C=S) groups is 2. The van der Waals surface area contributed by atoms with Gasteiger partial charge >= 0.3 is 0 Å². The molecule has 2 aromatic rings. The molecule has 0 saturated carbocycles. The van der Waals surface area contributed by atoms with Crippen LogP contribution >= 0.6 is 48.0 Å². The van der Waals surface area contributed by atoms with Crippen LogP contribution < -0.4 is 10.6 Å². The Labute approximate surface area is 298 Å². The molecule has 2 aliphatic heterocycles. The van der Waals surface area contributed by atoms with Crippen LogP contribution in [0.2, 0.25) is 0 Å². The van der Waals surface area contributed by atoms with Gasteiger partial charge in [0.25, 0.3) is 0 Å². The molecular formula is C35H42N6O2S4. The molecule has 4 atom stereocenters. The third-order valence-electron chi connectivity index (χ3n) is 8.27. The SMILES string of the molecule is CC1CC(C)CN(C(=S)SCC(=O)Nc2ccc(Cc3ccc(NC(=O)CSC(=S)N4CC(C)CC(C)C4)c(C#N)c3)cc2C#N)C1. The quantitative estimate of drug-likeness (QED) is 0.282. The van der Waals surface area contributed by atoms with Crippen LogP contribution in [0.4, 0.5) is 11.4 Å². The molecule has 4 rings (SSSR count). The maximum atomic E-state index is 12.7. The lowest BCUT2D eigenvalue weighted by molar-refractivity contribution is -0.114. The summed E-state index contributed by atoms with van der Waals surface area (Å²) < 4.78 is 1.47. The monoisotopic (exact) mass is 706 g/mol. The number of carbonyl (C=O) groups is 2. The number of likely N-dealkylation sites (tertiary alicyclic amines) is 2. The Morgan fingerprint density at radius 1 is 0.723 bits per heavy atom. The molecule has 0 spiro atoms. The van der Waals surface area contributed by atoms with E-state index in [-0.39, 0.29) is 23.3 Å². The van der Waals surface area contributed by atoms with Crippen molar-refractivity contribution >= 4 is 79.8 Å². The van der Waals surface area contributed by atoms with Crippen LogP contribution in [0, 0.1) is 46.3 Å². The summed E-state index contributed by atoms with van der Waals surface area (Å²) in [6.07, 6.45) is 2.85. The minimum absolute atomic E-state index is 0.174. The predicted molar refractivity (Wildman–Crippen MR) is 202 cm³/mol. The highest BCUT2D eigenvalue weighted by molar-refractivity contribution is 8.23. The fourth-order valence-electron chi connectivity index (χ4n) is 6.48. The summed E-state index contributed by atoms with van der Waals surface area (Å²) in [5.41, 5.74) is 3.33. The van der Waals surface area contributed by atoms with Crippen molar-refractivity contribution in [2.45, 2.75) is 47.0 Å². The summed E-state index contributed by atoms with van der Waals surface area (Å²) in [6, 6.07) is 15.0. The lowest BCUT2D eigenvalue weighted by atomic mass is 9.92. The summed E-state index contributed by atoms with van der Waals surface area (Å²) in [5, 5.41) is 25.3. The highest BCUT2D eigenvalue weighted by Crippen LogP contribution is 2.27. The topological polar surface area (TPSA) is 112 Å². The molecule has 12 heteroatoms. The van der Waals surface area contributed by atoms with Crippen LogP contribution in [0.15, 0.2) is 36.4 Å². The van der Waals surface area contributed by atoms with Gasteiger partial charge < -0.3 is 20.4 Å². The molecule has 2 aromatic carbocycles. The van der Waals surface area contributed by atoms with Gasteiger partial charge in [-0.3, -0.25) is 9.59 Å². The molecule has 2 amide bonds. The molecule has 0 radical (unpaired) electrons. The van der Waals surface area contributed by atoms with Gasteiger partial charge in [0.05, 0.1) is 34.0 Å². The summed E-state index contributed by atoms with van der Waals surface area (Å²) >= 11 is 13.9. The average molecular weight is 707 g/mol. The van der Waals surface area contributed by atoms with Crippen molar-refractivity contribution in [3.8, 4) is 12.1 Å². The van der Waals surface area contributed by atoms with Crippen LogP contribution in [0.25, 0.3) is 0 Å². The molecule has 0 aliphatic carbocycles. The number of piperidine rings is 2. The number of rotatable bonds is 8. The number of nitrogens with zero attached hydrogens (tertiary/aromatic N) is 4. The van der Waals surface area contributed by atoms with E-state index >= 15 is 0 Å². The first kappa shape index (κ1) is 36.7. The highest BCUT2D eigenvalue weighted by Gasteiger charge is 2.25. The number of thioether (sulfide) groups is 2. The number of anilines is 2. The second kappa shape index (κ2) is 17.3.